The molecule has 3 atom stereocenters. The quantitative estimate of drug-likeness (QED) is 0.777. The maximum atomic E-state index is 12.7. The molecule has 4 heterocycles. The van der Waals surface area contributed by atoms with Gasteiger partial charge in [-0.05, 0) is 38.3 Å². The second-order valence-corrected chi connectivity index (χ2v) is 7.17. The first kappa shape index (κ1) is 15.6. The minimum atomic E-state index is -0.146. The predicted octanol–water partition coefficient (Wildman–Crippen LogP) is 2.66. The first-order chi connectivity index (χ1) is 12.7. The number of carbonyl (C=O) groups is 1. The van der Waals surface area contributed by atoms with Gasteiger partial charge in [0.2, 0.25) is 5.89 Å². The van der Waals surface area contributed by atoms with E-state index in [9.17, 15) is 4.79 Å². The van der Waals surface area contributed by atoms with Crippen LogP contribution >= 0.6 is 0 Å². The summed E-state index contributed by atoms with van der Waals surface area (Å²) in [6.45, 7) is 2.47. The van der Waals surface area contributed by atoms with E-state index in [1.54, 1.807) is 6.07 Å². The van der Waals surface area contributed by atoms with E-state index in [1.807, 2.05) is 31.2 Å². The lowest BCUT2D eigenvalue weighted by Gasteiger charge is -2.23. The second-order valence-electron chi connectivity index (χ2n) is 7.17. The number of para-hydroxylation sites is 1. The van der Waals surface area contributed by atoms with Gasteiger partial charge in [0.1, 0.15) is 5.58 Å². The molecule has 1 aromatic carbocycles. The Kier molecular flexibility index (Phi) is 3.56. The molecule has 1 N–H and O–H groups in total. The third kappa shape index (κ3) is 2.59. The normalized spacial score (nSPS) is 25.2. The highest BCUT2D eigenvalue weighted by atomic mass is 16.5. The SMILES string of the molecule is Cc1noc(CN2[C@@H]3CC[C@H]2[C@@H](NC(=O)c2cc4ccccc4o2)C3)n1. The zero-order valence-corrected chi connectivity index (χ0v) is 14.5. The molecular weight excluding hydrogens is 332 g/mol. The van der Waals surface area contributed by atoms with Crippen LogP contribution in [0.5, 0.6) is 0 Å². The molecule has 2 saturated heterocycles. The standard InChI is InChI=1S/C19H20N4O3/c1-11-20-18(26-22-11)10-23-13-6-7-15(23)14(9-13)21-19(24)17-8-12-4-2-3-5-16(12)25-17/h2-5,8,13-15H,6-7,9-10H2,1H3,(H,21,24)/t13-,14+,15+/m1/s1. The van der Waals surface area contributed by atoms with E-state index in [-0.39, 0.29) is 11.9 Å². The number of amides is 1. The summed E-state index contributed by atoms with van der Waals surface area (Å²) in [4.78, 5) is 19.3. The lowest BCUT2D eigenvalue weighted by atomic mass is 9.95. The number of aromatic nitrogens is 2. The smallest absolute Gasteiger partial charge is 0.287 e. The van der Waals surface area contributed by atoms with Gasteiger partial charge in [-0.1, -0.05) is 23.4 Å². The molecule has 5 rings (SSSR count). The summed E-state index contributed by atoms with van der Waals surface area (Å²) >= 11 is 0. The summed E-state index contributed by atoms with van der Waals surface area (Å²) in [5.41, 5.74) is 0.735. The average Bonchev–Trinajstić information content (AvgIpc) is 3.39. The molecule has 0 spiro atoms. The molecule has 7 nitrogen and oxygen atoms in total. The van der Waals surface area contributed by atoms with Crippen LogP contribution in [-0.4, -0.2) is 39.1 Å². The third-order valence-electron chi connectivity index (χ3n) is 5.53. The maximum absolute atomic E-state index is 12.7. The van der Waals surface area contributed by atoms with E-state index in [2.05, 4.69) is 20.4 Å². The van der Waals surface area contributed by atoms with E-state index in [1.165, 1.54) is 0 Å². The molecule has 134 valence electrons. The minimum absolute atomic E-state index is 0.124. The van der Waals surface area contributed by atoms with Gasteiger partial charge in [0, 0.05) is 23.5 Å². The fraction of sp³-hybridized carbons (Fsp3) is 0.421. The van der Waals surface area contributed by atoms with Crippen molar-refractivity contribution in [1.29, 1.82) is 0 Å². The first-order valence-corrected chi connectivity index (χ1v) is 9.02. The summed E-state index contributed by atoms with van der Waals surface area (Å²) in [7, 11) is 0. The average molecular weight is 352 g/mol. The van der Waals surface area contributed by atoms with E-state index >= 15 is 0 Å². The Morgan fingerprint density at radius 1 is 1.35 bits per heavy atom. The molecule has 2 fully saturated rings. The van der Waals surface area contributed by atoms with Crippen molar-refractivity contribution in [3.8, 4) is 0 Å². The Morgan fingerprint density at radius 2 is 2.23 bits per heavy atom. The van der Waals surface area contributed by atoms with Crippen LogP contribution in [-0.2, 0) is 6.54 Å². The lowest BCUT2D eigenvalue weighted by molar-refractivity contribution is 0.0898. The lowest BCUT2D eigenvalue weighted by Crippen LogP contribution is -2.43. The highest BCUT2D eigenvalue weighted by molar-refractivity contribution is 5.96. The molecule has 2 aliphatic heterocycles. The van der Waals surface area contributed by atoms with Crippen LogP contribution in [0.1, 0.15) is 41.5 Å². The van der Waals surface area contributed by atoms with Gasteiger partial charge in [0.15, 0.2) is 11.6 Å². The van der Waals surface area contributed by atoms with Crippen LogP contribution in [0.4, 0.5) is 0 Å². The van der Waals surface area contributed by atoms with Crippen molar-refractivity contribution < 1.29 is 13.7 Å². The summed E-state index contributed by atoms with van der Waals surface area (Å²) < 4.78 is 11.0. The number of fused-ring (bicyclic) bond motifs is 3. The highest BCUT2D eigenvalue weighted by Gasteiger charge is 2.47. The van der Waals surface area contributed by atoms with Crippen LogP contribution < -0.4 is 5.32 Å². The maximum Gasteiger partial charge on any atom is 0.287 e. The van der Waals surface area contributed by atoms with Crippen LogP contribution in [0.15, 0.2) is 39.3 Å². The number of furan rings is 1. The molecule has 1 amide bonds. The number of rotatable bonds is 4. The molecular formula is C19H20N4O3. The summed E-state index contributed by atoms with van der Waals surface area (Å²) in [6, 6.07) is 10.3. The third-order valence-corrected chi connectivity index (χ3v) is 5.53. The molecule has 3 aromatic rings. The largest absolute Gasteiger partial charge is 0.451 e. The van der Waals surface area contributed by atoms with E-state index < -0.39 is 0 Å². The second kappa shape index (κ2) is 5.95. The van der Waals surface area contributed by atoms with Crippen molar-refractivity contribution in [2.75, 3.05) is 0 Å². The van der Waals surface area contributed by atoms with E-state index in [4.69, 9.17) is 8.94 Å². The number of carbonyl (C=O) groups excluding carboxylic acids is 1. The molecule has 7 heteroatoms. The number of hydrogen-bond donors (Lipinski definition) is 1. The molecule has 2 bridgehead atoms. The Bertz CT molecular complexity index is 930. The van der Waals surface area contributed by atoms with Gasteiger partial charge in [0.05, 0.1) is 6.54 Å². The molecule has 0 saturated carbocycles. The molecule has 0 unspecified atom stereocenters. The topological polar surface area (TPSA) is 84.4 Å². The Balaban J connectivity index is 1.29. The van der Waals surface area contributed by atoms with Crippen molar-refractivity contribution in [2.45, 2.75) is 50.9 Å². The minimum Gasteiger partial charge on any atom is -0.451 e. The number of hydrogen-bond acceptors (Lipinski definition) is 6. The molecule has 0 radical (unpaired) electrons. The van der Waals surface area contributed by atoms with Gasteiger partial charge >= 0.3 is 0 Å². The summed E-state index contributed by atoms with van der Waals surface area (Å²) in [6.07, 6.45) is 3.17. The fourth-order valence-corrected chi connectivity index (χ4v) is 4.40. The van der Waals surface area contributed by atoms with Crippen molar-refractivity contribution in [3.63, 3.8) is 0 Å². The van der Waals surface area contributed by atoms with Gasteiger partial charge in [-0.2, -0.15) is 4.98 Å². The monoisotopic (exact) mass is 352 g/mol. The van der Waals surface area contributed by atoms with Crippen LogP contribution in [0.25, 0.3) is 11.0 Å². The van der Waals surface area contributed by atoms with Crippen molar-refractivity contribution in [2.24, 2.45) is 0 Å². The number of aryl methyl sites for hydroxylation is 1. The Hall–Kier alpha value is -2.67. The van der Waals surface area contributed by atoms with Gasteiger partial charge in [-0.25, -0.2) is 0 Å². The fourth-order valence-electron chi connectivity index (χ4n) is 4.40. The number of nitrogens with one attached hydrogen (secondary N) is 1. The van der Waals surface area contributed by atoms with E-state index in [0.717, 1.165) is 30.2 Å². The van der Waals surface area contributed by atoms with Gasteiger partial charge in [0.25, 0.3) is 5.91 Å². The summed E-state index contributed by atoms with van der Waals surface area (Å²) in [5.74, 6) is 1.52. The zero-order valence-electron chi connectivity index (χ0n) is 14.5. The van der Waals surface area contributed by atoms with Crippen LogP contribution in [0.2, 0.25) is 0 Å². The Labute approximate surface area is 150 Å². The van der Waals surface area contributed by atoms with Crippen molar-refractivity contribution in [3.05, 3.63) is 47.8 Å². The predicted molar refractivity (Wildman–Crippen MR) is 93.5 cm³/mol. The van der Waals surface area contributed by atoms with Gasteiger partial charge in [-0.3, -0.25) is 9.69 Å². The van der Waals surface area contributed by atoms with Gasteiger partial charge < -0.3 is 14.3 Å². The van der Waals surface area contributed by atoms with Crippen LogP contribution in [0.3, 0.4) is 0 Å². The molecule has 0 aliphatic carbocycles. The zero-order chi connectivity index (χ0) is 17.7. The van der Waals surface area contributed by atoms with Crippen LogP contribution in [0, 0.1) is 6.92 Å². The molecule has 26 heavy (non-hydrogen) atoms. The highest BCUT2D eigenvalue weighted by Crippen LogP contribution is 2.38. The molecule has 2 aromatic heterocycles. The van der Waals surface area contributed by atoms with Crippen molar-refractivity contribution >= 4 is 16.9 Å². The van der Waals surface area contributed by atoms with Gasteiger partial charge in [-0.15, -0.1) is 0 Å². The number of nitrogens with zero attached hydrogens (tertiary/aromatic N) is 3. The number of benzene rings is 1. The first-order valence-electron chi connectivity index (χ1n) is 9.02. The van der Waals surface area contributed by atoms with E-state index in [0.29, 0.717) is 36.1 Å². The van der Waals surface area contributed by atoms with Crippen molar-refractivity contribution in [1.82, 2.24) is 20.4 Å². The summed E-state index contributed by atoms with van der Waals surface area (Å²) in [5, 5.41) is 7.97. The molecule has 2 aliphatic rings. The Morgan fingerprint density at radius 3 is 3.04 bits per heavy atom.